The van der Waals surface area contributed by atoms with Gasteiger partial charge < -0.3 is 15.4 Å². The van der Waals surface area contributed by atoms with E-state index in [1.807, 2.05) is 0 Å². The first-order chi connectivity index (χ1) is 15.8. The van der Waals surface area contributed by atoms with Crippen molar-refractivity contribution in [2.75, 3.05) is 23.4 Å². The second kappa shape index (κ2) is 17.4. The van der Waals surface area contributed by atoms with Crippen LogP contribution in [0.25, 0.3) is 0 Å². The van der Waals surface area contributed by atoms with Crippen molar-refractivity contribution < 1.29 is 9.90 Å². The van der Waals surface area contributed by atoms with E-state index in [9.17, 15) is 9.90 Å². The zero-order chi connectivity index (χ0) is 24.5. The average molecular weight is 474 g/mol. The Kier molecular flexibility index (Phi) is 15.3. The summed E-state index contributed by atoms with van der Waals surface area (Å²) in [6, 6.07) is -0.449. The number of aliphatic hydroxyl groups excluding tert-OH is 1. The van der Waals surface area contributed by atoms with Gasteiger partial charge >= 0.3 is 0 Å². The van der Waals surface area contributed by atoms with Crippen LogP contribution in [0.3, 0.4) is 0 Å². The molecule has 6 heteroatoms. The Balaban J connectivity index is 2.28. The molecule has 1 aromatic heterocycles. The summed E-state index contributed by atoms with van der Waals surface area (Å²) in [6.45, 7) is 10.5. The number of ketones is 1. The van der Waals surface area contributed by atoms with E-state index in [1.165, 1.54) is 22.3 Å². The Morgan fingerprint density at radius 1 is 1.00 bits per heavy atom. The van der Waals surface area contributed by atoms with Crippen molar-refractivity contribution in [3.05, 3.63) is 59.0 Å². The molecule has 5 nitrogen and oxygen atoms in total. The molecule has 0 aliphatic carbocycles. The molecule has 0 aliphatic heterocycles. The van der Waals surface area contributed by atoms with E-state index < -0.39 is 12.6 Å². The van der Waals surface area contributed by atoms with Crippen LogP contribution in [0.1, 0.15) is 73.1 Å². The Hall–Kier alpha value is -2.05. The smallest absolute Gasteiger partial charge is 0.200 e. The quantitative estimate of drug-likeness (QED) is 0.175. The Labute approximate surface area is 204 Å². The number of carbonyl (C=O) groups is 1. The Bertz CT molecular complexity index is 803. The van der Waals surface area contributed by atoms with E-state index in [0.29, 0.717) is 11.7 Å². The van der Waals surface area contributed by atoms with Gasteiger partial charge in [-0.1, -0.05) is 46.6 Å². The third-order valence-corrected chi connectivity index (χ3v) is 6.31. The number of hydrogen-bond donors (Lipinski definition) is 3. The SMILES string of the molecule is CC(C)=CCC/C(C)=C/CC/C(C)=C/CC/C(C)=C/CSCC(Nc1ncc[nH]1)C(=O)CO. The maximum atomic E-state index is 12.0. The van der Waals surface area contributed by atoms with Crippen LogP contribution in [0.15, 0.2) is 59.0 Å². The fourth-order valence-electron chi connectivity index (χ4n) is 3.21. The minimum Gasteiger partial charge on any atom is -0.388 e. The molecule has 0 saturated carbocycles. The number of nitrogens with zero attached hydrogens (tertiary/aromatic N) is 1. The second-order valence-electron chi connectivity index (χ2n) is 8.85. The minimum absolute atomic E-state index is 0.224. The molecular weight excluding hydrogens is 430 g/mol. The highest BCUT2D eigenvalue weighted by Gasteiger charge is 2.17. The van der Waals surface area contributed by atoms with Crippen molar-refractivity contribution in [1.29, 1.82) is 0 Å². The Morgan fingerprint density at radius 3 is 2.09 bits per heavy atom. The monoisotopic (exact) mass is 473 g/mol. The summed E-state index contributed by atoms with van der Waals surface area (Å²) in [5.41, 5.74) is 5.71. The van der Waals surface area contributed by atoms with Crippen LogP contribution in [0.4, 0.5) is 5.95 Å². The van der Waals surface area contributed by atoms with E-state index in [0.717, 1.165) is 44.3 Å². The number of aromatic amines is 1. The second-order valence-corrected chi connectivity index (χ2v) is 9.92. The summed E-state index contributed by atoms with van der Waals surface area (Å²) in [4.78, 5) is 19.0. The lowest BCUT2D eigenvalue weighted by atomic mass is 10.0. The van der Waals surface area contributed by atoms with Crippen LogP contribution in [0.5, 0.6) is 0 Å². The van der Waals surface area contributed by atoms with Gasteiger partial charge in [-0.2, -0.15) is 11.8 Å². The topological polar surface area (TPSA) is 78.0 Å². The van der Waals surface area contributed by atoms with Crippen molar-refractivity contribution in [2.24, 2.45) is 0 Å². The number of aliphatic hydroxyl groups is 1. The molecule has 0 radical (unpaired) electrons. The van der Waals surface area contributed by atoms with E-state index in [4.69, 9.17) is 0 Å². The number of thioether (sulfide) groups is 1. The number of rotatable bonds is 17. The molecule has 1 atom stereocenters. The van der Waals surface area contributed by atoms with Crippen LogP contribution in [0.2, 0.25) is 0 Å². The van der Waals surface area contributed by atoms with Crippen molar-refractivity contribution in [1.82, 2.24) is 9.97 Å². The Morgan fingerprint density at radius 2 is 1.58 bits per heavy atom. The first-order valence-electron chi connectivity index (χ1n) is 11.9. The number of Topliss-reactive ketones (excluding diaryl/α,β-unsaturated/α-hetero) is 1. The zero-order valence-corrected chi connectivity index (χ0v) is 21.9. The molecule has 1 rings (SSSR count). The molecule has 1 aromatic rings. The van der Waals surface area contributed by atoms with E-state index in [2.05, 4.69) is 74.2 Å². The van der Waals surface area contributed by atoms with Crippen molar-refractivity contribution >= 4 is 23.5 Å². The highest BCUT2D eigenvalue weighted by molar-refractivity contribution is 7.99. The zero-order valence-electron chi connectivity index (χ0n) is 21.1. The van der Waals surface area contributed by atoms with Crippen molar-refractivity contribution in [2.45, 2.75) is 79.2 Å². The third-order valence-electron chi connectivity index (χ3n) is 5.34. The largest absolute Gasteiger partial charge is 0.388 e. The first-order valence-corrected chi connectivity index (χ1v) is 13.0. The van der Waals surface area contributed by atoms with Gasteiger partial charge in [0.1, 0.15) is 6.61 Å². The first kappa shape index (κ1) is 29.0. The number of imidazole rings is 1. The number of H-pyrrole nitrogens is 1. The van der Waals surface area contributed by atoms with Gasteiger partial charge in [0.15, 0.2) is 5.78 Å². The van der Waals surface area contributed by atoms with Gasteiger partial charge in [0.25, 0.3) is 0 Å². The molecular formula is C27H43N3O2S. The molecule has 0 saturated heterocycles. The summed E-state index contributed by atoms with van der Waals surface area (Å²) in [7, 11) is 0. The molecule has 0 aromatic carbocycles. The van der Waals surface area contributed by atoms with E-state index in [-0.39, 0.29) is 5.78 Å². The van der Waals surface area contributed by atoms with Gasteiger partial charge in [0.2, 0.25) is 5.95 Å². The fourth-order valence-corrected chi connectivity index (χ4v) is 4.25. The number of allylic oxidation sites excluding steroid dienone is 7. The van der Waals surface area contributed by atoms with Crippen LogP contribution < -0.4 is 5.32 Å². The summed E-state index contributed by atoms with van der Waals surface area (Å²) in [5, 5.41) is 12.3. The van der Waals surface area contributed by atoms with Crippen LogP contribution in [-0.4, -0.2) is 45.0 Å². The maximum Gasteiger partial charge on any atom is 0.200 e. The van der Waals surface area contributed by atoms with Crippen molar-refractivity contribution in [3.63, 3.8) is 0 Å². The van der Waals surface area contributed by atoms with Crippen LogP contribution in [0, 0.1) is 0 Å². The highest BCUT2D eigenvalue weighted by Crippen LogP contribution is 2.15. The van der Waals surface area contributed by atoms with Gasteiger partial charge in [0.05, 0.1) is 6.04 Å². The lowest BCUT2D eigenvalue weighted by molar-refractivity contribution is -0.122. The standard InChI is InChI=1S/C27H43N3O2S/c1-21(2)9-6-10-22(3)11-7-12-23(4)13-8-14-24(5)15-18-33-20-25(26(32)19-31)30-27-28-16-17-29-27/h9,11,13,15-17,25,31H,6-8,10,12,14,18-20H2,1-5H3,(H2,28,29,30)/b22-11+,23-13+,24-15+. The lowest BCUT2D eigenvalue weighted by Crippen LogP contribution is -2.34. The lowest BCUT2D eigenvalue weighted by Gasteiger charge is -2.15. The van der Waals surface area contributed by atoms with E-state index >= 15 is 0 Å². The third kappa shape index (κ3) is 14.7. The van der Waals surface area contributed by atoms with Crippen LogP contribution in [-0.2, 0) is 4.79 Å². The normalized spacial score (nSPS) is 13.7. The molecule has 0 bridgehead atoms. The number of aromatic nitrogens is 2. The number of hydrogen-bond acceptors (Lipinski definition) is 5. The summed E-state index contributed by atoms with van der Waals surface area (Å²) in [6.07, 6.45) is 19.3. The summed E-state index contributed by atoms with van der Waals surface area (Å²) in [5.74, 6) is 1.76. The molecule has 184 valence electrons. The molecule has 3 N–H and O–H groups in total. The predicted octanol–water partition coefficient (Wildman–Crippen LogP) is 6.63. The predicted molar refractivity (Wildman–Crippen MR) is 144 cm³/mol. The summed E-state index contributed by atoms with van der Waals surface area (Å²) >= 11 is 1.68. The molecule has 33 heavy (non-hydrogen) atoms. The van der Waals surface area contributed by atoms with Gasteiger partial charge in [-0.05, 0) is 73.1 Å². The van der Waals surface area contributed by atoms with Crippen LogP contribution >= 0.6 is 11.8 Å². The van der Waals surface area contributed by atoms with Gasteiger partial charge in [-0.3, -0.25) is 4.79 Å². The molecule has 1 unspecified atom stereocenters. The van der Waals surface area contributed by atoms with Gasteiger partial charge in [0, 0.05) is 23.9 Å². The van der Waals surface area contributed by atoms with Gasteiger partial charge in [-0.25, -0.2) is 4.98 Å². The van der Waals surface area contributed by atoms with Gasteiger partial charge in [-0.15, -0.1) is 0 Å². The molecule has 0 amide bonds. The molecule has 0 aliphatic rings. The summed E-state index contributed by atoms with van der Waals surface area (Å²) < 4.78 is 0. The van der Waals surface area contributed by atoms with E-state index in [1.54, 1.807) is 24.2 Å². The molecule has 0 fully saturated rings. The molecule has 1 heterocycles. The maximum absolute atomic E-state index is 12.0. The minimum atomic E-state index is -0.468. The van der Waals surface area contributed by atoms with Crippen molar-refractivity contribution in [3.8, 4) is 0 Å². The number of nitrogens with one attached hydrogen (secondary N) is 2. The highest BCUT2D eigenvalue weighted by atomic mass is 32.2. The fraction of sp³-hybridized carbons (Fsp3) is 0.556. The number of anilines is 1. The molecule has 0 spiro atoms. The average Bonchev–Trinajstić information content (AvgIpc) is 3.28. The number of carbonyl (C=O) groups excluding carboxylic acids is 1.